The Bertz CT molecular complexity index is 2590. The van der Waals surface area contributed by atoms with Crippen molar-refractivity contribution in [3.05, 3.63) is 95.6 Å². The summed E-state index contributed by atoms with van der Waals surface area (Å²) in [6.45, 7) is 14.6. The molecule has 0 spiro atoms. The van der Waals surface area contributed by atoms with Crippen molar-refractivity contribution in [3.63, 3.8) is 0 Å². The number of hydrogen-bond acceptors (Lipinski definition) is 7. The van der Waals surface area contributed by atoms with Crippen molar-refractivity contribution in [3.8, 4) is 22.5 Å². The minimum atomic E-state index is -4.61. The van der Waals surface area contributed by atoms with E-state index in [-0.39, 0.29) is 40.9 Å². The first-order valence-corrected chi connectivity index (χ1v) is 24.0. The molecule has 18 heteroatoms. The lowest BCUT2D eigenvalue weighted by Gasteiger charge is -2.36. The van der Waals surface area contributed by atoms with E-state index in [4.69, 9.17) is 19.4 Å². The Hall–Kier alpha value is -5.49. The molecule has 1 unspecified atom stereocenters. The van der Waals surface area contributed by atoms with Crippen molar-refractivity contribution in [2.24, 2.45) is 0 Å². The van der Waals surface area contributed by atoms with Crippen LogP contribution in [-0.2, 0) is 22.4 Å². The van der Waals surface area contributed by atoms with Crippen LogP contribution in [-0.4, -0.2) is 69.6 Å². The SMILES string of the molecule is CC(c1ccc(C(F)(F)F)cn1)n1cc(-c2nc3cc(F)c(F)cc3n2COCC[Si](C)(C)C)c2c(N3CCC(NC(=O)OC(C)(C)C)CC3)c(-c3cc(F)cc(F)c3)cnc21. The molecule has 0 bridgehead atoms. The van der Waals surface area contributed by atoms with Gasteiger partial charge < -0.3 is 24.3 Å². The third-order valence-electron chi connectivity index (χ3n) is 10.7. The largest absolute Gasteiger partial charge is 0.444 e. The number of piperidine rings is 1. The molecule has 62 heavy (non-hydrogen) atoms. The number of aromatic nitrogens is 5. The van der Waals surface area contributed by atoms with Crippen LogP contribution in [0.25, 0.3) is 44.6 Å². The average molecular weight is 884 g/mol. The van der Waals surface area contributed by atoms with Gasteiger partial charge in [0.05, 0.1) is 39.4 Å². The van der Waals surface area contributed by atoms with Gasteiger partial charge in [-0.15, -0.1) is 0 Å². The molecule has 1 aliphatic rings. The second-order valence-corrected chi connectivity index (χ2v) is 23.5. The van der Waals surface area contributed by atoms with Crippen molar-refractivity contribution >= 4 is 41.9 Å². The quantitative estimate of drug-likeness (QED) is 0.0786. The molecule has 5 heterocycles. The van der Waals surface area contributed by atoms with Crippen LogP contribution < -0.4 is 10.2 Å². The monoisotopic (exact) mass is 883 g/mol. The summed E-state index contributed by atoms with van der Waals surface area (Å²) < 4.78 is 116. The second kappa shape index (κ2) is 17.0. The molecule has 1 amide bonds. The van der Waals surface area contributed by atoms with E-state index in [1.165, 1.54) is 24.4 Å². The number of fused-ring (bicyclic) bond motifs is 2. The van der Waals surface area contributed by atoms with E-state index in [0.29, 0.717) is 60.4 Å². The lowest BCUT2D eigenvalue weighted by molar-refractivity contribution is -0.137. The van der Waals surface area contributed by atoms with Crippen molar-refractivity contribution in [1.82, 2.24) is 29.4 Å². The topological polar surface area (TPSA) is 99.3 Å². The molecule has 7 rings (SSSR count). The Morgan fingerprint density at radius 1 is 0.919 bits per heavy atom. The Kier molecular flexibility index (Phi) is 12.2. The van der Waals surface area contributed by atoms with Gasteiger partial charge in [-0.1, -0.05) is 19.6 Å². The second-order valence-electron chi connectivity index (χ2n) is 17.8. The van der Waals surface area contributed by atoms with Crippen LogP contribution in [0, 0.1) is 23.3 Å². The summed E-state index contributed by atoms with van der Waals surface area (Å²) in [6.07, 6.45) is -0.349. The molecule has 1 atom stereocenters. The minimum absolute atomic E-state index is 0.108. The number of hydrogen-bond donors (Lipinski definition) is 1. The van der Waals surface area contributed by atoms with Gasteiger partial charge in [0.25, 0.3) is 0 Å². The fourth-order valence-electron chi connectivity index (χ4n) is 7.59. The third kappa shape index (κ3) is 9.75. The number of halogens is 7. The molecule has 4 aromatic heterocycles. The molecule has 0 radical (unpaired) electrons. The van der Waals surface area contributed by atoms with Crippen molar-refractivity contribution < 1.29 is 45.0 Å². The maximum absolute atomic E-state index is 15.0. The molecule has 330 valence electrons. The highest BCUT2D eigenvalue weighted by atomic mass is 28.3. The van der Waals surface area contributed by atoms with Gasteiger partial charge in [-0.2, -0.15) is 13.2 Å². The first-order valence-electron chi connectivity index (χ1n) is 20.3. The fraction of sp³-hybridized carbons (Fsp3) is 0.409. The first-order chi connectivity index (χ1) is 29.1. The molecule has 1 N–H and O–H groups in total. The highest BCUT2D eigenvalue weighted by Gasteiger charge is 2.33. The van der Waals surface area contributed by atoms with Gasteiger partial charge in [-0.3, -0.25) is 9.55 Å². The molecular formula is C44H48F7N7O3Si. The van der Waals surface area contributed by atoms with E-state index in [0.717, 1.165) is 36.5 Å². The van der Waals surface area contributed by atoms with Gasteiger partial charge in [0.1, 0.15) is 35.4 Å². The Balaban J connectivity index is 1.46. The van der Waals surface area contributed by atoms with Gasteiger partial charge in [0.15, 0.2) is 11.6 Å². The summed E-state index contributed by atoms with van der Waals surface area (Å²) in [5, 5.41) is 3.37. The first kappa shape index (κ1) is 44.6. The number of imidazole rings is 1. The number of rotatable bonds is 11. The molecule has 0 saturated carbocycles. The van der Waals surface area contributed by atoms with Crippen LogP contribution >= 0.6 is 0 Å². The van der Waals surface area contributed by atoms with E-state index in [9.17, 15) is 35.5 Å². The number of benzene rings is 2. The van der Waals surface area contributed by atoms with Gasteiger partial charge in [-0.25, -0.2) is 32.3 Å². The Morgan fingerprint density at radius 3 is 2.21 bits per heavy atom. The van der Waals surface area contributed by atoms with E-state index < -0.39 is 60.8 Å². The average Bonchev–Trinajstić information content (AvgIpc) is 3.72. The van der Waals surface area contributed by atoms with Crippen LogP contribution in [0.5, 0.6) is 0 Å². The molecule has 6 aromatic rings. The number of amides is 1. The summed E-state index contributed by atoms with van der Waals surface area (Å²) in [5.41, 5.74) is 0.696. The summed E-state index contributed by atoms with van der Waals surface area (Å²) in [5.74, 6) is -3.64. The minimum Gasteiger partial charge on any atom is -0.444 e. The van der Waals surface area contributed by atoms with E-state index in [2.05, 4.69) is 29.9 Å². The van der Waals surface area contributed by atoms with Crippen LogP contribution in [0.4, 0.5) is 41.2 Å². The maximum Gasteiger partial charge on any atom is 0.417 e. The normalized spacial score (nSPS) is 14.8. The number of nitrogens with zero attached hydrogens (tertiary/aromatic N) is 6. The predicted octanol–water partition coefficient (Wildman–Crippen LogP) is 11.1. The molecule has 10 nitrogen and oxygen atoms in total. The maximum atomic E-state index is 15.0. The van der Waals surface area contributed by atoms with Crippen LogP contribution in [0.1, 0.15) is 57.8 Å². The molecular weight excluding hydrogens is 836 g/mol. The number of ether oxygens (including phenoxy) is 2. The Morgan fingerprint density at radius 2 is 1.60 bits per heavy atom. The van der Waals surface area contributed by atoms with Crippen molar-refractivity contribution in [2.75, 3.05) is 24.6 Å². The number of carbonyl (C=O) groups is 1. The zero-order chi connectivity index (χ0) is 44.9. The predicted molar refractivity (Wildman–Crippen MR) is 225 cm³/mol. The van der Waals surface area contributed by atoms with E-state index in [1.54, 1.807) is 43.0 Å². The van der Waals surface area contributed by atoms with Gasteiger partial charge >= 0.3 is 12.3 Å². The smallest absolute Gasteiger partial charge is 0.417 e. The highest BCUT2D eigenvalue weighted by molar-refractivity contribution is 6.76. The number of anilines is 1. The lowest BCUT2D eigenvalue weighted by Crippen LogP contribution is -2.46. The number of carbonyl (C=O) groups excluding carboxylic acids is 1. The standard InChI is InChI=1S/C44H48F7N7O3Si/c1-25(35-9-8-27(21-52-35)44(49,50)51)57-23-32(40-55-36-19-33(47)34(48)20-37(36)58(40)24-60-14-15-62(5,6)7)38-39(31(22-53-41(38)57)26-16-28(45)18-29(46)17-26)56-12-10-30(11-13-56)54-42(59)61-43(2,3)4/h8-9,16-23,25,30H,10-15,24H2,1-7H3,(H,54,59). The number of pyridine rings is 2. The van der Waals surface area contributed by atoms with Gasteiger partial charge in [0, 0.05) is 81.7 Å². The zero-order valence-corrected chi connectivity index (χ0v) is 36.4. The number of alkyl carbamates (subject to hydrolysis) is 1. The van der Waals surface area contributed by atoms with Crippen LogP contribution in [0.2, 0.25) is 25.7 Å². The van der Waals surface area contributed by atoms with Crippen LogP contribution in [0.3, 0.4) is 0 Å². The van der Waals surface area contributed by atoms with E-state index >= 15 is 0 Å². The summed E-state index contributed by atoms with van der Waals surface area (Å²) >= 11 is 0. The molecule has 2 aromatic carbocycles. The van der Waals surface area contributed by atoms with Crippen molar-refractivity contribution in [2.45, 2.75) is 96.8 Å². The highest BCUT2D eigenvalue weighted by Crippen LogP contribution is 2.45. The lowest BCUT2D eigenvalue weighted by atomic mass is 9.98. The van der Waals surface area contributed by atoms with Gasteiger partial charge in [-0.05, 0) is 76.4 Å². The number of alkyl halides is 3. The van der Waals surface area contributed by atoms with Crippen molar-refractivity contribution in [1.29, 1.82) is 0 Å². The Labute approximate surface area is 355 Å². The van der Waals surface area contributed by atoms with Gasteiger partial charge in [0.2, 0.25) is 0 Å². The third-order valence-corrected chi connectivity index (χ3v) is 12.4. The summed E-state index contributed by atoms with van der Waals surface area (Å²) in [4.78, 5) is 28.6. The number of nitrogens with one attached hydrogen (secondary N) is 1. The molecule has 1 saturated heterocycles. The summed E-state index contributed by atoms with van der Waals surface area (Å²) in [7, 11) is -1.55. The fourth-order valence-corrected chi connectivity index (χ4v) is 8.35. The summed E-state index contributed by atoms with van der Waals surface area (Å²) in [6, 6.07) is 7.18. The molecule has 0 aliphatic carbocycles. The zero-order valence-electron chi connectivity index (χ0n) is 35.4. The van der Waals surface area contributed by atoms with E-state index in [1.807, 2.05) is 4.90 Å². The van der Waals surface area contributed by atoms with Crippen LogP contribution in [0.15, 0.2) is 61.1 Å². The molecule has 1 aliphatic heterocycles. The molecule has 1 fully saturated rings.